The second kappa shape index (κ2) is 6.19. The Morgan fingerprint density at radius 2 is 2.24 bits per heavy atom. The smallest absolute Gasteiger partial charge is 0.254 e. The van der Waals surface area contributed by atoms with E-state index in [1.165, 1.54) is 0 Å². The van der Waals surface area contributed by atoms with E-state index in [0.717, 1.165) is 43.1 Å². The highest BCUT2D eigenvalue weighted by Crippen LogP contribution is 2.21. The average Bonchev–Trinajstić information content (AvgIpc) is 3.23. The van der Waals surface area contributed by atoms with Crippen LogP contribution in [-0.4, -0.2) is 49.4 Å². The highest BCUT2D eigenvalue weighted by Gasteiger charge is 2.24. The van der Waals surface area contributed by atoms with Crippen molar-refractivity contribution in [3.63, 3.8) is 0 Å². The number of carbonyl (C=O) groups is 1. The molecule has 1 aliphatic heterocycles. The van der Waals surface area contributed by atoms with Crippen molar-refractivity contribution in [2.45, 2.75) is 25.8 Å². The summed E-state index contributed by atoms with van der Waals surface area (Å²) in [7, 11) is 1.81. The minimum absolute atomic E-state index is 0.0740. The monoisotopic (exact) mass is 339 g/mol. The Bertz CT molecular complexity index is 913. The van der Waals surface area contributed by atoms with Crippen molar-refractivity contribution in [3.05, 3.63) is 42.0 Å². The van der Waals surface area contributed by atoms with Gasteiger partial charge in [0.25, 0.3) is 5.91 Å². The summed E-state index contributed by atoms with van der Waals surface area (Å²) < 4.78 is 3.49. The molecule has 0 radical (unpaired) electrons. The van der Waals surface area contributed by atoms with Crippen LogP contribution < -0.4 is 10.2 Å². The normalized spacial score (nSPS) is 17.8. The van der Waals surface area contributed by atoms with Gasteiger partial charge in [0, 0.05) is 50.2 Å². The van der Waals surface area contributed by atoms with Gasteiger partial charge in [-0.15, -0.1) is 0 Å². The fourth-order valence-corrected chi connectivity index (χ4v) is 3.35. The molecule has 4 rings (SSSR count). The van der Waals surface area contributed by atoms with Crippen LogP contribution in [0.2, 0.25) is 0 Å². The molecule has 0 bridgehead atoms. The first-order valence-electron chi connectivity index (χ1n) is 8.46. The Morgan fingerprint density at radius 1 is 1.36 bits per heavy atom. The molecule has 1 atom stereocenters. The SMILES string of the molecule is Cc1cc(N2CCCC(NC(=O)c3cnn(C)c3)C2)n2nccc2n1. The first kappa shape index (κ1) is 15.6. The van der Waals surface area contributed by atoms with Crippen LogP contribution >= 0.6 is 0 Å². The molecule has 8 nitrogen and oxygen atoms in total. The second-order valence-corrected chi connectivity index (χ2v) is 6.52. The molecule has 3 aromatic heterocycles. The number of hydrogen-bond donors (Lipinski definition) is 1. The van der Waals surface area contributed by atoms with Crippen molar-refractivity contribution in [2.24, 2.45) is 7.05 Å². The van der Waals surface area contributed by atoms with Gasteiger partial charge in [0.05, 0.1) is 18.0 Å². The van der Waals surface area contributed by atoms with Crippen molar-refractivity contribution in [1.82, 2.24) is 29.7 Å². The number of piperidine rings is 1. The summed E-state index contributed by atoms with van der Waals surface area (Å²) >= 11 is 0. The number of hydrogen-bond acceptors (Lipinski definition) is 5. The topological polar surface area (TPSA) is 80.4 Å². The van der Waals surface area contributed by atoms with E-state index in [0.29, 0.717) is 5.56 Å². The third-order valence-electron chi connectivity index (χ3n) is 4.52. The van der Waals surface area contributed by atoms with Gasteiger partial charge >= 0.3 is 0 Å². The standard InChI is InChI=1S/C17H21N7O/c1-12-8-16(24-15(20-12)5-6-18-24)23-7-3-4-14(11-23)21-17(25)13-9-19-22(2)10-13/h5-6,8-10,14H,3-4,7,11H2,1-2H3,(H,21,25). The number of anilines is 1. The van der Waals surface area contributed by atoms with Gasteiger partial charge < -0.3 is 10.2 Å². The molecule has 130 valence electrons. The van der Waals surface area contributed by atoms with Gasteiger partial charge in [-0.2, -0.15) is 14.7 Å². The summed E-state index contributed by atoms with van der Waals surface area (Å²) in [6, 6.07) is 4.05. The lowest BCUT2D eigenvalue weighted by atomic mass is 10.1. The van der Waals surface area contributed by atoms with Crippen molar-refractivity contribution in [2.75, 3.05) is 18.0 Å². The zero-order valence-electron chi connectivity index (χ0n) is 14.4. The third kappa shape index (κ3) is 3.07. The molecule has 0 aliphatic carbocycles. The molecule has 8 heteroatoms. The van der Waals surface area contributed by atoms with Crippen molar-refractivity contribution < 1.29 is 4.79 Å². The van der Waals surface area contributed by atoms with Crippen LogP contribution in [0.4, 0.5) is 5.82 Å². The summed E-state index contributed by atoms with van der Waals surface area (Å²) in [5.41, 5.74) is 2.40. The van der Waals surface area contributed by atoms with Gasteiger partial charge in [-0.25, -0.2) is 4.98 Å². The highest BCUT2D eigenvalue weighted by atomic mass is 16.1. The summed E-state index contributed by atoms with van der Waals surface area (Å²) in [4.78, 5) is 19.1. The van der Waals surface area contributed by atoms with Crippen LogP contribution in [0.3, 0.4) is 0 Å². The Morgan fingerprint density at radius 3 is 3.04 bits per heavy atom. The van der Waals surface area contributed by atoms with Gasteiger partial charge in [-0.05, 0) is 19.8 Å². The van der Waals surface area contributed by atoms with Crippen LogP contribution in [0.5, 0.6) is 0 Å². The van der Waals surface area contributed by atoms with Crippen molar-refractivity contribution in [1.29, 1.82) is 0 Å². The Kier molecular flexibility index (Phi) is 3.87. The van der Waals surface area contributed by atoms with Crippen LogP contribution in [0.25, 0.3) is 5.65 Å². The van der Waals surface area contributed by atoms with Gasteiger partial charge in [0.15, 0.2) is 5.65 Å². The van der Waals surface area contributed by atoms with Crippen molar-refractivity contribution >= 4 is 17.4 Å². The van der Waals surface area contributed by atoms with E-state index in [1.54, 1.807) is 30.3 Å². The van der Waals surface area contributed by atoms with Crippen molar-refractivity contribution in [3.8, 4) is 0 Å². The average molecular weight is 339 g/mol. The fraction of sp³-hybridized carbons (Fsp3) is 0.412. The molecule has 1 unspecified atom stereocenters. The molecule has 1 fully saturated rings. The first-order valence-corrected chi connectivity index (χ1v) is 8.46. The quantitative estimate of drug-likeness (QED) is 0.775. The van der Waals surface area contributed by atoms with E-state index in [9.17, 15) is 4.79 Å². The number of rotatable bonds is 3. The van der Waals surface area contributed by atoms with Crippen LogP contribution in [0.15, 0.2) is 30.7 Å². The molecule has 1 saturated heterocycles. The van der Waals surface area contributed by atoms with E-state index in [2.05, 4.69) is 25.4 Å². The molecule has 25 heavy (non-hydrogen) atoms. The second-order valence-electron chi connectivity index (χ2n) is 6.52. The van der Waals surface area contributed by atoms with Crippen LogP contribution in [-0.2, 0) is 7.05 Å². The molecule has 0 aromatic carbocycles. The van der Waals surface area contributed by atoms with Crippen LogP contribution in [0, 0.1) is 6.92 Å². The summed E-state index contributed by atoms with van der Waals surface area (Å²) in [6.07, 6.45) is 7.07. The predicted molar refractivity (Wildman–Crippen MR) is 93.6 cm³/mol. The van der Waals surface area contributed by atoms with Crippen LogP contribution in [0.1, 0.15) is 28.9 Å². The van der Waals surface area contributed by atoms with E-state index < -0.39 is 0 Å². The summed E-state index contributed by atoms with van der Waals surface area (Å²) in [5.74, 6) is 0.947. The number of amides is 1. The van der Waals surface area contributed by atoms with Gasteiger partial charge in [-0.3, -0.25) is 9.48 Å². The molecule has 1 N–H and O–H groups in total. The minimum Gasteiger partial charge on any atom is -0.354 e. The Balaban J connectivity index is 1.52. The Hall–Kier alpha value is -2.90. The maximum atomic E-state index is 12.4. The predicted octanol–water partition coefficient (Wildman–Crippen LogP) is 1.17. The maximum absolute atomic E-state index is 12.4. The molecule has 0 spiro atoms. The number of carbonyl (C=O) groups excluding carboxylic acids is 1. The lowest BCUT2D eigenvalue weighted by molar-refractivity contribution is 0.0933. The number of nitrogens with zero attached hydrogens (tertiary/aromatic N) is 6. The minimum atomic E-state index is -0.0740. The number of nitrogens with one attached hydrogen (secondary N) is 1. The summed E-state index contributed by atoms with van der Waals surface area (Å²) in [5, 5.41) is 11.6. The van der Waals surface area contributed by atoms with E-state index in [-0.39, 0.29) is 11.9 Å². The lowest BCUT2D eigenvalue weighted by Crippen LogP contribution is -2.48. The van der Waals surface area contributed by atoms with Gasteiger partial charge in [0.2, 0.25) is 0 Å². The molecule has 0 saturated carbocycles. The zero-order chi connectivity index (χ0) is 17.4. The maximum Gasteiger partial charge on any atom is 0.254 e. The van der Waals surface area contributed by atoms with E-state index in [1.807, 2.05) is 23.6 Å². The highest BCUT2D eigenvalue weighted by molar-refractivity contribution is 5.93. The molecule has 3 aromatic rings. The van der Waals surface area contributed by atoms with Gasteiger partial charge in [-0.1, -0.05) is 0 Å². The number of aromatic nitrogens is 5. The number of fused-ring (bicyclic) bond motifs is 1. The summed E-state index contributed by atoms with van der Waals surface area (Å²) in [6.45, 7) is 3.68. The molecule has 4 heterocycles. The fourth-order valence-electron chi connectivity index (χ4n) is 3.35. The van der Waals surface area contributed by atoms with E-state index >= 15 is 0 Å². The molecular weight excluding hydrogens is 318 g/mol. The Labute approximate surface area is 145 Å². The first-order chi connectivity index (χ1) is 12.1. The largest absolute Gasteiger partial charge is 0.354 e. The number of aryl methyl sites for hydroxylation is 2. The zero-order valence-corrected chi connectivity index (χ0v) is 14.4. The van der Waals surface area contributed by atoms with Gasteiger partial charge in [0.1, 0.15) is 5.82 Å². The molecular formula is C17H21N7O. The molecule has 1 amide bonds. The van der Waals surface area contributed by atoms with E-state index in [4.69, 9.17) is 0 Å². The lowest BCUT2D eigenvalue weighted by Gasteiger charge is -2.34. The third-order valence-corrected chi connectivity index (χ3v) is 4.52. The molecule has 1 aliphatic rings.